The van der Waals surface area contributed by atoms with Crippen molar-refractivity contribution < 1.29 is 5.11 Å². The van der Waals surface area contributed by atoms with Crippen molar-refractivity contribution in [1.29, 1.82) is 0 Å². The van der Waals surface area contributed by atoms with Gasteiger partial charge < -0.3 is 15.0 Å². The van der Waals surface area contributed by atoms with Gasteiger partial charge >= 0.3 is 0 Å². The summed E-state index contributed by atoms with van der Waals surface area (Å²) >= 11 is 6.02. The van der Waals surface area contributed by atoms with Crippen LogP contribution in [0.25, 0.3) is 11.3 Å². The number of aromatic hydroxyl groups is 1. The van der Waals surface area contributed by atoms with Gasteiger partial charge in [-0.1, -0.05) is 17.7 Å². The maximum Gasteiger partial charge on any atom is 0.128 e. The Bertz CT molecular complexity index is 837. The van der Waals surface area contributed by atoms with Gasteiger partial charge in [-0.25, -0.2) is 9.97 Å². The first-order chi connectivity index (χ1) is 12.2. The Morgan fingerprint density at radius 2 is 1.96 bits per heavy atom. The Balaban J connectivity index is 1.46. The topological polar surface area (TPSA) is 65.0 Å². The average Bonchev–Trinajstić information content (AvgIpc) is 3.12. The van der Waals surface area contributed by atoms with Crippen molar-refractivity contribution in [2.75, 3.05) is 18.0 Å². The molecule has 3 heterocycles. The van der Waals surface area contributed by atoms with Crippen molar-refractivity contribution in [3.8, 4) is 17.0 Å². The summed E-state index contributed by atoms with van der Waals surface area (Å²) in [5.74, 6) is 2.59. The normalized spacial score (nSPS) is 15.5. The summed E-state index contributed by atoms with van der Waals surface area (Å²) in [7, 11) is 0. The van der Waals surface area contributed by atoms with Gasteiger partial charge in [0.15, 0.2) is 0 Å². The number of imidazole rings is 1. The molecule has 0 saturated carbocycles. The number of hydrogen-bond acceptors (Lipinski definition) is 4. The van der Waals surface area contributed by atoms with Crippen LogP contribution in [0.15, 0.2) is 48.8 Å². The zero-order chi connectivity index (χ0) is 17.2. The van der Waals surface area contributed by atoms with E-state index < -0.39 is 0 Å². The van der Waals surface area contributed by atoms with E-state index in [1.807, 2.05) is 30.6 Å². The van der Waals surface area contributed by atoms with Gasteiger partial charge in [0, 0.05) is 35.8 Å². The second-order valence-electron chi connectivity index (χ2n) is 6.33. The number of aromatic nitrogens is 3. The number of rotatable bonds is 3. The summed E-state index contributed by atoms with van der Waals surface area (Å²) in [6, 6.07) is 11.0. The van der Waals surface area contributed by atoms with Crippen LogP contribution in [0.1, 0.15) is 24.6 Å². The molecule has 5 nitrogen and oxygen atoms in total. The highest BCUT2D eigenvalue weighted by Crippen LogP contribution is 2.31. The van der Waals surface area contributed by atoms with E-state index in [4.69, 9.17) is 11.6 Å². The molecule has 0 spiro atoms. The number of piperidine rings is 1. The van der Waals surface area contributed by atoms with E-state index in [0.717, 1.165) is 48.8 Å². The minimum absolute atomic E-state index is 0.155. The van der Waals surface area contributed by atoms with Gasteiger partial charge in [-0.2, -0.15) is 0 Å². The lowest BCUT2D eigenvalue weighted by Gasteiger charge is -2.31. The molecule has 0 unspecified atom stereocenters. The zero-order valence-electron chi connectivity index (χ0n) is 13.7. The lowest BCUT2D eigenvalue weighted by atomic mass is 9.96. The van der Waals surface area contributed by atoms with Crippen LogP contribution in [0, 0.1) is 0 Å². The molecular weight excluding hydrogens is 336 g/mol. The molecular formula is C19H19ClN4O. The van der Waals surface area contributed by atoms with Crippen molar-refractivity contribution in [2.24, 2.45) is 0 Å². The smallest absolute Gasteiger partial charge is 0.128 e. The van der Waals surface area contributed by atoms with Crippen LogP contribution in [0.5, 0.6) is 5.75 Å². The van der Waals surface area contributed by atoms with E-state index in [1.54, 1.807) is 6.07 Å². The number of phenolic OH excluding ortho intramolecular Hbond substituents is 1. The number of hydrogen-bond donors (Lipinski definition) is 2. The van der Waals surface area contributed by atoms with Crippen LogP contribution >= 0.6 is 11.6 Å². The third-order valence-electron chi connectivity index (χ3n) is 4.64. The number of nitrogens with one attached hydrogen (secondary N) is 1. The van der Waals surface area contributed by atoms with E-state index in [9.17, 15) is 5.11 Å². The fourth-order valence-electron chi connectivity index (χ4n) is 3.34. The van der Waals surface area contributed by atoms with E-state index >= 15 is 0 Å². The van der Waals surface area contributed by atoms with E-state index in [-0.39, 0.29) is 5.75 Å². The van der Waals surface area contributed by atoms with Gasteiger partial charge in [0.25, 0.3) is 0 Å². The van der Waals surface area contributed by atoms with Crippen LogP contribution in [0.4, 0.5) is 5.82 Å². The zero-order valence-corrected chi connectivity index (χ0v) is 14.4. The van der Waals surface area contributed by atoms with E-state index in [1.165, 1.54) is 6.07 Å². The van der Waals surface area contributed by atoms with Gasteiger partial charge in [-0.15, -0.1) is 0 Å². The maximum absolute atomic E-state index is 9.72. The van der Waals surface area contributed by atoms with Gasteiger partial charge in [0.05, 0.1) is 11.9 Å². The van der Waals surface area contributed by atoms with Crippen molar-refractivity contribution in [3.05, 3.63) is 59.6 Å². The summed E-state index contributed by atoms with van der Waals surface area (Å²) in [6.07, 6.45) is 5.71. The first kappa shape index (κ1) is 16.0. The summed E-state index contributed by atoms with van der Waals surface area (Å²) in [6.45, 7) is 1.94. The van der Waals surface area contributed by atoms with Gasteiger partial charge in [0.2, 0.25) is 0 Å². The number of H-pyrrole nitrogens is 1. The number of benzene rings is 1. The third kappa shape index (κ3) is 3.46. The molecule has 0 amide bonds. The monoisotopic (exact) mass is 354 g/mol. The van der Waals surface area contributed by atoms with Crippen LogP contribution in [0.3, 0.4) is 0 Å². The molecule has 1 fully saturated rings. The maximum atomic E-state index is 9.72. The second-order valence-corrected chi connectivity index (χ2v) is 6.77. The van der Waals surface area contributed by atoms with Gasteiger partial charge in [-0.3, -0.25) is 0 Å². The number of nitrogens with zero attached hydrogens (tertiary/aromatic N) is 3. The van der Waals surface area contributed by atoms with Gasteiger partial charge in [0.1, 0.15) is 17.4 Å². The molecule has 0 bridgehead atoms. The van der Waals surface area contributed by atoms with Crippen LogP contribution in [-0.2, 0) is 0 Å². The molecule has 0 aliphatic carbocycles. The van der Waals surface area contributed by atoms with Crippen molar-refractivity contribution in [3.63, 3.8) is 0 Å². The third-order valence-corrected chi connectivity index (χ3v) is 4.86. The summed E-state index contributed by atoms with van der Waals surface area (Å²) in [5, 5.41) is 10.2. The van der Waals surface area contributed by atoms with Crippen molar-refractivity contribution >= 4 is 17.4 Å². The quantitative estimate of drug-likeness (QED) is 0.739. The predicted molar refractivity (Wildman–Crippen MR) is 99.1 cm³/mol. The lowest BCUT2D eigenvalue weighted by Crippen LogP contribution is -2.33. The first-order valence-corrected chi connectivity index (χ1v) is 8.77. The van der Waals surface area contributed by atoms with Crippen LogP contribution in [-0.4, -0.2) is 33.1 Å². The van der Waals surface area contributed by atoms with E-state index in [0.29, 0.717) is 10.9 Å². The molecule has 0 radical (unpaired) electrons. The SMILES string of the molecule is Oc1cc(Cl)cc(-c2cnc(C3CCN(c4ccccn4)CC3)[nH]2)c1. The highest BCUT2D eigenvalue weighted by molar-refractivity contribution is 6.31. The molecule has 3 aromatic rings. The fraction of sp³-hybridized carbons (Fsp3) is 0.263. The number of phenols is 1. The molecule has 2 N–H and O–H groups in total. The summed E-state index contributed by atoms with van der Waals surface area (Å²) in [4.78, 5) is 14.7. The predicted octanol–water partition coefficient (Wildman–Crippen LogP) is 4.21. The molecule has 4 rings (SSSR count). The molecule has 128 valence electrons. The second kappa shape index (κ2) is 6.76. The molecule has 0 atom stereocenters. The molecule has 6 heteroatoms. The van der Waals surface area contributed by atoms with Crippen molar-refractivity contribution in [1.82, 2.24) is 15.0 Å². The number of pyridine rings is 1. The Morgan fingerprint density at radius 1 is 1.12 bits per heavy atom. The Labute approximate surface area is 151 Å². The van der Waals surface area contributed by atoms with E-state index in [2.05, 4.69) is 25.9 Å². The molecule has 1 saturated heterocycles. The Hall–Kier alpha value is -2.53. The average molecular weight is 355 g/mol. The standard InChI is InChI=1S/C19H19ClN4O/c20-15-9-14(10-16(25)11-15)17-12-22-19(23-17)13-4-7-24(8-5-13)18-3-1-2-6-21-18/h1-3,6,9-13,25H,4-5,7-8H2,(H,22,23). The minimum atomic E-state index is 0.155. The lowest BCUT2D eigenvalue weighted by molar-refractivity contribution is 0.475. The highest BCUT2D eigenvalue weighted by Gasteiger charge is 2.23. The van der Waals surface area contributed by atoms with Crippen molar-refractivity contribution in [2.45, 2.75) is 18.8 Å². The molecule has 1 aliphatic heterocycles. The summed E-state index contributed by atoms with van der Waals surface area (Å²) in [5.41, 5.74) is 1.72. The van der Waals surface area contributed by atoms with Crippen LogP contribution in [0.2, 0.25) is 5.02 Å². The molecule has 2 aromatic heterocycles. The largest absolute Gasteiger partial charge is 0.508 e. The first-order valence-electron chi connectivity index (χ1n) is 8.40. The summed E-state index contributed by atoms with van der Waals surface area (Å²) < 4.78 is 0. The molecule has 1 aromatic carbocycles. The molecule has 1 aliphatic rings. The Morgan fingerprint density at radius 3 is 2.68 bits per heavy atom. The highest BCUT2D eigenvalue weighted by atomic mass is 35.5. The number of anilines is 1. The van der Waals surface area contributed by atoms with Crippen LogP contribution < -0.4 is 4.90 Å². The fourth-order valence-corrected chi connectivity index (χ4v) is 3.57. The van der Waals surface area contributed by atoms with Gasteiger partial charge in [-0.05, 0) is 43.2 Å². The Kier molecular flexibility index (Phi) is 4.32. The number of aromatic amines is 1. The number of halogens is 1. The molecule has 25 heavy (non-hydrogen) atoms. The minimum Gasteiger partial charge on any atom is -0.508 e.